The molecule has 0 spiro atoms. The van der Waals surface area contributed by atoms with Gasteiger partial charge in [0.25, 0.3) is 0 Å². The van der Waals surface area contributed by atoms with Crippen LogP contribution in [0, 0.1) is 5.82 Å². The number of aliphatic hydroxyl groups is 1. The minimum absolute atomic E-state index is 0.0798. The molecule has 0 amide bonds. The van der Waals surface area contributed by atoms with Gasteiger partial charge in [-0.1, -0.05) is 37.3 Å². The highest BCUT2D eigenvalue weighted by atomic mass is 19.1. The van der Waals surface area contributed by atoms with E-state index in [0.29, 0.717) is 29.0 Å². The van der Waals surface area contributed by atoms with Crippen LogP contribution in [-0.2, 0) is 6.61 Å². The maximum Gasteiger partial charge on any atom is 0.167 e. The van der Waals surface area contributed by atoms with Crippen molar-refractivity contribution in [3.8, 4) is 11.5 Å². The van der Waals surface area contributed by atoms with Crippen molar-refractivity contribution >= 4 is 0 Å². The molecular weight excluding hydrogens is 271 g/mol. The van der Waals surface area contributed by atoms with Crippen molar-refractivity contribution in [2.45, 2.75) is 26.1 Å². The molecule has 1 atom stereocenters. The molecule has 3 nitrogen and oxygen atoms in total. The highest BCUT2D eigenvalue weighted by molar-refractivity contribution is 5.47. The molecule has 0 saturated heterocycles. The largest absolute Gasteiger partial charge is 0.493 e. The van der Waals surface area contributed by atoms with Gasteiger partial charge in [0.05, 0.1) is 13.2 Å². The standard InChI is InChI=1S/C17H19FO3/c1-3-15(19)13-8-6-10-16(20-2)17(13)21-11-12-7-4-5-9-14(12)18/h4-10,15,19H,3,11H2,1-2H3. The molecule has 0 radical (unpaired) electrons. The summed E-state index contributed by atoms with van der Waals surface area (Å²) in [6.07, 6.45) is -0.0841. The van der Waals surface area contributed by atoms with Gasteiger partial charge in [-0.15, -0.1) is 0 Å². The van der Waals surface area contributed by atoms with E-state index in [1.54, 1.807) is 36.4 Å². The molecule has 0 aliphatic carbocycles. The lowest BCUT2D eigenvalue weighted by Crippen LogP contribution is -2.05. The Bertz CT molecular complexity index is 598. The number of halogens is 1. The molecule has 0 aliphatic heterocycles. The molecule has 1 unspecified atom stereocenters. The zero-order valence-electron chi connectivity index (χ0n) is 12.2. The third kappa shape index (κ3) is 3.52. The van der Waals surface area contributed by atoms with Crippen molar-refractivity contribution in [1.29, 1.82) is 0 Å². The van der Waals surface area contributed by atoms with Gasteiger partial charge in [-0.25, -0.2) is 4.39 Å². The van der Waals surface area contributed by atoms with Gasteiger partial charge in [-0.05, 0) is 18.6 Å². The van der Waals surface area contributed by atoms with Crippen LogP contribution in [0.4, 0.5) is 4.39 Å². The van der Waals surface area contributed by atoms with E-state index in [2.05, 4.69) is 0 Å². The molecular formula is C17H19FO3. The second kappa shape index (κ2) is 7.09. The van der Waals surface area contributed by atoms with Crippen molar-refractivity contribution in [1.82, 2.24) is 0 Å². The Morgan fingerprint density at radius 1 is 1.14 bits per heavy atom. The fourth-order valence-electron chi connectivity index (χ4n) is 2.10. The minimum Gasteiger partial charge on any atom is -0.493 e. The average Bonchev–Trinajstić information content (AvgIpc) is 2.53. The first kappa shape index (κ1) is 15.3. The molecule has 0 fully saturated rings. The molecule has 2 rings (SSSR count). The van der Waals surface area contributed by atoms with Crippen LogP contribution in [0.5, 0.6) is 11.5 Å². The number of hydrogen-bond acceptors (Lipinski definition) is 3. The number of rotatable bonds is 6. The first-order chi connectivity index (χ1) is 10.2. The fourth-order valence-corrected chi connectivity index (χ4v) is 2.10. The third-order valence-electron chi connectivity index (χ3n) is 3.30. The summed E-state index contributed by atoms with van der Waals surface area (Å²) in [7, 11) is 1.54. The lowest BCUT2D eigenvalue weighted by Gasteiger charge is -2.18. The molecule has 0 heterocycles. The molecule has 0 aliphatic rings. The smallest absolute Gasteiger partial charge is 0.167 e. The van der Waals surface area contributed by atoms with Gasteiger partial charge in [-0.2, -0.15) is 0 Å². The van der Waals surface area contributed by atoms with Crippen LogP contribution < -0.4 is 9.47 Å². The highest BCUT2D eigenvalue weighted by Crippen LogP contribution is 2.36. The summed E-state index contributed by atoms with van der Waals surface area (Å²) in [4.78, 5) is 0. The van der Waals surface area contributed by atoms with Crippen LogP contribution in [0.2, 0.25) is 0 Å². The number of aliphatic hydroxyl groups excluding tert-OH is 1. The number of ether oxygens (including phenoxy) is 2. The van der Waals surface area contributed by atoms with Crippen molar-refractivity contribution in [2.75, 3.05) is 7.11 Å². The lowest BCUT2D eigenvalue weighted by molar-refractivity contribution is 0.164. The predicted molar refractivity (Wildman–Crippen MR) is 79.0 cm³/mol. The van der Waals surface area contributed by atoms with E-state index >= 15 is 0 Å². The Morgan fingerprint density at radius 3 is 2.57 bits per heavy atom. The molecule has 0 saturated carbocycles. The Hall–Kier alpha value is -2.07. The summed E-state index contributed by atoms with van der Waals surface area (Å²) in [6.45, 7) is 1.96. The Kier molecular flexibility index (Phi) is 5.17. The zero-order chi connectivity index (χ0) is 15.2. The van der Waals surface area contributed by atoms with Gasteiger partial charge in [0.2, 0.25) is 0 Å². The van der Waals surface area contributed by atoms with Crippen LogP contribution in [0.15, 0.2) is 42.5 Å². The van der Waals surface area contributed by atoms with Gasteiger partial charge in [0.15, 0.2) is 11.5 Å². The van der Waals surface area contributed by atoms with Crippen molar-refractivity contribution < 1.29 is 19.0 Å². The molecule has 112 valence electrons. The van der Waals surface area contributed by atoms with Crippen LogP contribution in [-0.4, -0.2) is 12.2 Å². The van der Waals surface area contributed by atoms with Crippen LogP contribution in [0.3, 0.4) is 0 Å². The van der Waals surface area contributed by atoms with Crippen molar-refractivity contribution in [3.63, 3.8) is 0 Å². The summed E-state index contributed by atoms with van der Waals surface area (Å²) in [5.74, 6) is 0.666. The van der Waals surface area contributed by atoms with Gasteiger partial charge in [0, 0.05) is 11.1 Å². The predicted octanol–water partition coefficient (Wildman–Crippen LogP) is 3.86. The zero-order valence-corrected chi connectivity index (χ0v) is 12.2. The molecule has 4 heteroatoms. The maximum absolute atomic E-state index is 13.6. The van der Waals surface area contributed by atoms with E-state index in [1.165, 1.54) is 13.2 Å². The molecule has 2 aromatic carbocycles. The van der Waals surface area contributed by atoms with E-state index in [4.69, 9.17) is 9.47 Å². The quantitative estimate of drug-likeness (QED) is 0.878. The van der Waals surface area contributed by atoms with E-state index < -0.39 is 6.10 Å². The second-order valence-corrected chi connectivity index (χ2v) is 4.68. The van der Waals surface area contributed by atoms with Crippen LogP contribution in [0.25, 0.3) is 0 Å². The van der Waals surface area contributed by atoms with E-state index in [-0.39, 0.29) is 12.4 Å². The topological polar surface area (TPSA) is 38.7 Å². The molecule has 21 heavy (non-hydrogen) atoms. The summed E-state index contributed by atoms with van der Waals surface area (Å²) in [6, 6.07) is 11.8. The summed E-state index contributed by atoms with van der Waals surface area (Å²) in [5.41, 5.74) is 1.11. The third-order valence-corrected chi connectivity index (χ3v) is 3.30. The lowest BCUT2D eigenvalue weighted by atomic mass is 10.1. The first-order valence-electron chi connectivity index (χ1n) is 6.88. The average molecular weight is 290 g/mol. The van der Waals surface area contributed by atoms with Crippen molar-refractivity contribution in [2.24, 2.45) is 0 Å². The monoisotopic (exact) mass is 290 g/mol. The summed E-state index contributed by atoms with van der Waals surface area (Å²) < 4.78 is 24.6. The number of hydrogen-bond donors (Lipinski definition) is 1. The van der Waals surface area contributed by atoms with Gasteiger partial charge < -0.3 is 14.6 Å². The van der Waals surface area contributed by atoms with E-state index in [9.17, 15) is 9.50 Å². The van der Waals surface area contributed by atoms with Crippen molar-refractivity contribution in [3.05, 3.63) is 59.4 Å². The highest BCUT2D eigenvalue weighted by Gasteiger charge is 2.16. The maximum atomic E-state index is 13.6. The molecule has 0 bridgehead atoms. The number of benzene rings is 2. The summed E-state index contributed by atoms with van der Waals surface area (Å²) >= 11 is 0. The Morgan fingerprint density at radius 2 is 1.90 bits per heavy atom. The van der Waals surface area contributed by atoms with E-state index in [0.717, 1.165) is 0 Å². The van der Waals surface area contributed by atoms with Gasteiger partial charge in [-0.3, -0.25) is 0 Å². The van der Waals surface area contributed by atoms with Crippen LogP contribution >= 0.6 is 0 Å². The van der Waals surface area contributed by atoms with E-state index in [1.807, 2.05) is 6.92 Å². The van der Waals surface area contributed by atoms with Gasteiger partial charge >= 0.3 is 0 Å². The summed E-state index contributed by atoms with van der Waals surface area (Å²) in [5, 5.41) is 10.1. The SMILES string of the molecule is CCC(O)c1cccc(OC)c1OCc1ccccc1F. The first-order valence-corrected chi connectivity index (χ1v) is 6.88. The number of para-hydroxylation sites is 1. The Labute approximate surface area is 124 Å². The normalized spacial score (nSPS) is 12.0. The van der Waals surface area contributed by atoms with Gasteiger partial charge in [0.1, 0.15) is 12.4 Å². The minimum atomic E-state index is -0.643. The molecule has 0 aromatic heterocycles. The molecule has 2 aromatic rings. The van der Waals surface area contributed by atoms with Crippen LogP contribution in [0.1, 0.15) is 30.6 Å². The molecule has 1 N–H and O–H groups in total. The fraction of sp³-hybridized carbons (Fsp3) is 0.294. The number of methoxy groups -OCH3 is 1. The Balaban J connectivity index is 2.28. The second-order valence-electron chi connectivity index (χ2n) is 4.68.